The van der Waals surface area contributed by atoms with Gasteiger partial charge in [-0.25, -0.2) is 13.9 Å². The Balaban J connectivity index is 1.52. The number of methoxy groups -OCH3 is 1. The molecule has 27 heavy (non-hydrogen) atoms. The number of halogens is 1. The topological polar surface area (TPSA) is 88.4 Å². The van der Waals surface area contributed by atoms with Crippen LogP contribution in [-0.2, 0) is 13.6 Å². The van der Waals surface area contributed by atoms with E-state index in [9.17, 15) is 9.18 Å². The quantitative estimate of drug-likeness (QED) is 0.835. The van der Waals surface area contributed by atoms with E-state index in [1.165, 1.54) is 16.8 Å². The molecule has 146 valence electrons. The maximum atomic E-state index is 13.5. The van der Waals surface area contributed by atoms with Crippen LogP contribution in [0.15, 0.2) is 18.2 Å². The molecule has 1 unspecified atom stereocenters. The maximum absolute atomic E-state index is 13.5. The first-order valence-corrected chi connectivity index (χ1v) is 8.80. The average Bonchev–Trinajstić information content (AvgIpc) is 3.08. The molecule has 0 bridgehead atoms. The summed E-state index contributed by atoms with van der Waals surface area (Å²) < 4.78 is 20.4. The summed E-state index contributed by atoms with van der Waals surface area (Å²) in [5.41, 5.74) is 0.804. The van der Waals surface area contributed by atoms with Crippen molar-refractivity contribution < 1.29 is 13.9 Å². The number of piperazine rings is 1. The molecular formula is C17H24FN7O2. The smallest absolute Gasteiger partial charge is 0.318 e. The van der Waals surface area contributed by atoms with Crippen molar-refractivity contribution in [2.45, 2.75) is 19.5 Å². The molecule has 0 saturated carbocycles. The van der Waals surface area contributed by atoms with E-state index >= 15 is 0 Å². The Morgan fingerprint density at radius 3 is 2.70 bits per heavy atom. The third kappa shape index (κ3) is 4.51. The second-order valence-electron chi connectivity index (χ2n) is 6.55. The largest absolute Gasteiger partial charge is 0.496 e. The van der Waals surface area contributed by atoms with Gasteiger partial charge < -0.3 is 15.0 Å². The van der Waals surface area contributed by atoms with Gasteiger partial charge in [0.05, 0.1) is 13.2 Å². The summed E-state index contributed by atoms with van der Waals surface area (Å²) in [6, 6.07) is 4.09. The van der Waals surface area contributed by atoms with Crippen LogP contribution in [0.4, 0.5) is 9.18 Å². The minimum absolute atomic E-state index is 0.145. The lowest BCUT2D eigenvalue weighted by atomic mass is 10.1. The highest BCUT2D eigenvalue weighted by Crippen LogP contribution is 2.21. The Bertz CT molecular complexity index is 789. The zero-order valence-electron chi connectivity index (χ0n) is 15.7. The SMILES string of the molecule is COc1ccc(F)cc1CN1CCN(C(=O)NC(C)c2nnnn2C)CC1. The predicted molar refractivity (Wildman–Crippen MR) is 95.5 cm³/mol. The minimum Gasteiger partial charge on any atom is -0.496 e. The van der Waals surface area contributed by atoms with Crippen molar-refractivity contribution in [2.24, 2.45) is 7.05 Å². The number of tetrazole rings is 1. The molecule has 0 aliphatic carbocycles. The van der Waals surface area contributed by atoms with E-state index in [-0.39, 0.29) is 17.9 Å². The Hall–Kier alpha value is -2.75. The van der Waals surface area contributed by atoms with Gasteiger partial charge in [-0.05, 0) is 35.5 Å². The van der Waals surface area contributed by atoms with Crippen LogP contribution in [0.5, 0.6) is 5.75 Å². The number of carbonyl (C=O) groups excluding carboxylic acids is 1. The molecule has 1 atom stereocenters. The molecule has 2 heterocycles. The van der Waals surface area contributed by atoms with E-state index in [1.54, 1.807) is 25.1 Å². The van der Waals surface area contributed by atoms with Crippen molar-refractivity contribution in [3.8, 4) is 5.75 Å². The van der Waals surface area contributed by atoms with Crippen LogP contribution in [-0.4, -0.2) is 69.3 Å². The number of amides is 2. The zero-order valence-corrected chi connectivity index (χ0v) is 15.7. The molecule has 2 amide bonds. The standard InChI is InChI=1S/C17H24FN7O2/c1-12(16-20-21-22-23(16)2)19-17(26)25-8-6-24(7-9-25)11-13-10-14(18)4-5-15(13)27-3/h4-5,10,12H,6-9,11H2,1-3H3,(H,19,26). The summed E-state index contributed by atoms with van der Waals surface area (Å²) in [6.45, 7) is 5.01. The summed E-state index contributed by atoms with van der Waals surface area (Å²) in [4.78, 5) is 16.4. The lowest BCUT2D eigenvalue weighted by Gasteiger charge is -2.35. The van der Waals surface area contributed by atoms with Crippen molar-refractivity contribution in [3.63, 3.8) is 0 Å². The van der Waals surface area contributed by atoms with Gasteiger partial charge in [0.2, 0.25) is 0 Å². The first kappa shape index (κ1) is 19.0. The van der Waals surface area contributed by atoms with Crippen LogP contribution in [0.3, 0.4) is 0 Å². The van der Waals surface area contributed by atoms with Crippen molar-refractivity contribution in [1.82, 2.24) is 35.3 Å². The maximum Gasteiger partial charge on any atom is 0.318 e. The number of urea groups is 1. The molecule has 2 aromatic rings. The molecule has 0 radical (unpaired) electrons. The van der Waals surface area contributed by atoms with Gasteiger partial charge in [-0.2, -0.15) is 0 Å². The van der Waals surface area contributed by atoms with E-state index in [0.29, 0.717) is 44.3 Å². The highest BCUT2D eigenvalue weighted by atomic mass is 19.1. The van der Waals surface area contributed by atoms with Crippen LogP contribution in [0.25, 0.3) is 0 Å². The Kier molecular flexibility index (Phi) is 5.84. The number of nitrogens with zero attached hydrogens (tertiary/aromatic N) is 6. The second kappa shape index (κ2) is 8.30. The van der Waals surface area contributed by atoms with Crippen LogP contribution < -0.4 is 10.1 Å². The molecule has 1 fully saturated rings. The van der Waals surface area contributed by atoms with Gasteiger partial charge in [-0.1, -0.05) is 0 Å². The van der Waals surface area contributed by atoms with Crippen molar-refractivity contribution in [3.05, 3.63) is 35.4 Å². The molecule has 1 aliphatic rings. The summed E-state index contributed by atoms with van der Waals surface area (Å²) >= 11 is 0. The fraction of sp³-hybridized carbons (Fsp3) is 0.529. The molecule has 10 heteroatoms. The summed E-state index contributed by atoms with van der Waals surface area (Å²) in [6.07, 6.45) is 0. The monoisotopic (exact) mass is 377 g/mol. The van der Waals surface area contributed by atoms with Crippen LogP contribution in [0.2, 0.25) is 0 Å². The van der Waals surface area contributed by atoms with Gasteiger partial charge in [0.1, 0.15) is 11.6 Å². The minimum atomic E-state index is -0.285. The molecule has 1 saturated heterocycles. The number of ether oxygens (including phenoxy) is 1. The fourth-order valence-electron chi connectivity index (χ4n) is 3.16. The summed E-state index contributed by atoms with van der Waals surface area (Å²) in [5, 5.41) is 14.2. The van der Waals surface area contributed by atoms with Gasteiger partial charge in [-0.3, -0.25) is 4.90 Å². The van der Waals surface area contributed by atoms with E-state index in [1.807, 2.05) is 6.92 Å². The van der Waals surface area contributed by atoms with E-state index in [0.717, 1.165) is 5.56 Å². The second-order valence-corrected chi connectivity index (χ2v) is 6.55. The van der Waals surface area contributed by atoms with Gasteiger partial charge in [0, 0.05) is 45.3 Å². The summed E-state index contributed by atoms with van der Waals surface area (Å²) in [7, 11) is 3.31. The molecule has 1 aliphatic heterocycles. The first-order valence-electron chi connectivity index (χ1n) is 8.80. The zero-order chi connectivity index (χ0) is 19.4. The number of benzene rings is 1. The molecule has 1 N–H and O–H groups in total. The normalized spacial score (nSPS) is 16.2. The highest BCUT2D eigenvalue weighted by molar-refractivity contribution is 5.74. The number of hydrogen-bond acceptors (Lipinski definition) is 6. The van der Waals surface area contributed by atoms with Crippen molar-refractivity contribution >= 4 is 6.03 Å². The number of nitrogens with one attached hydrogen (secondary N) is 1. The number of rotatable bonds is 5. The third-order valence-corrected chi connectivity index (χ3v) is 4.68. The van der Waals surface area contributed by atoms with E-state index in [4.69, 9.17) is 4.74 Å². The van der Waals surface area contributed by atoms with Crippen LogP contribution >= 0.6 is 0 Å². The lowest BCUT2D eigenvalue weighted by Crippen LogP contribution is -2.51. The summed E-state index contributed by atoms with van der Waals surface area (Å²) in [5.74, 6) is 0.985. The number of aromatic nitrogens is 4. The molecule has 3 rings (SSSR count). The van der Waals surface area contributed by atoms with Gasteiger partial charge in [-0.15, -0.1) is 5.10 Å². The first-order chi connectivity index (χ1) is 13.0. The number of hydrogen-bond donors (Lipinski definition) is 1. The fourth-order valence-corrected chi connectivity index (χ4v) is 3.16. The third-order valence-electron chi connectivity index (χ3n) is 4.68. The molecule has 9 nitrogen and oxygen atoms in total. The highest BCUT2D eigenvalue weighted by Gasteiger charge is 2.24. The molecule has 1 aromatic heterocycles. The lowest BCUT2D eigenvalue weighted by molar-refractivity contribution is 0.132. The Morgan fingerprint density at radius 1 is 1.33 bits per heavy atom. The van der Waals surface area contributed by atoms with Gasteiger partial charge in [0.15, 0.2) is 5.82 Å². The molecule has 1 aromatic carbocycles. The Labute approximate surface area is 157 Å². The van der Waals surface area contributed by atoms with Crippen molar-refractivity contribution in [1.29, 1.82) is 0 Å². The molecular weight excluding hydrogens is 353 g/mol. The van der Waals surface area contributed by atoms with Crippen LogP contribution in [0.1, 0.15) is 24.4 Å². The van der Waals surface area contributed by atoms with Gasteiger partial charge >= 0.3 is 6.03 Å². The van der Waals surface area contributed by atoms with E-state index in [2.05, 4.69) is 25.7 Å². The average molecular weight is 377 g/mol. The molecule has 0 spiro atoms. The predicted octanol–water partition coefficient (Wildman–Crippen LogP) is 0.946. The van der Waals surface area contributed by atoms with E-state index < -0.39 is 0 Å². The number of aryl methyl sites for hydroxylation is 1. The van der Waals surface area contributed by atoms with Crippen molar-refractivity contribution in [2.75, 3.05) is 33.3 Å². The number of carbonyl (C=O) groups is 1. The van der Waals surface area contributed by atoms with Gasteiger partial charge in [0.25, 0.3) is 0 Å². The van der Waals surface area contributed by atoms with Crippen LogP contribution in [0, 0.1) is 5.82 Å². The Morgan fingerprint density at radius 2 is 2.07 bits per heavy atom.